The molecule has 2 rings (SSSR count). The van der Waals surface area contributed by atoms with Crippen molar-refractivity contribution in [1.29, 1.82) is 5.26 Å². The maximum absolute atomic E-state index is 12.3. The highest BCUT2D eigenvalue weighted by Gasteiger charge is 2.15. The maximum atomic E-state index is 12.3. The zero-order valence-electron chi connectivity index (χ0n) is 13.8. The van der Waals surface area contributed by atoms with Gasteiger partial charge in [-0.05, 0) is 37.3 Å². The zero-order valence-corrected chi connectivity index (χ0v) is 13.8. The van der Waals surface area contributed by atoms with E-state index in [1.807, 2.05) is 6.07 Å². The Hall–Kier alpha value is -3.20. The van der Waals surface area contributed by atoms with Crippen molar-refractivity contribution in [2.45, 2.75) is 13.0 Å². The summed E-state index contributed by atoms with van der Waals surface area (Å²) in [6.45, 7) is 1.74. The molecule has 24 heavy (non-hydrogen) atoms. The van der Waals surface area contributed by atoms with Crippen molar-refractivity contribution in [1.82, 2.24) is 0 Å². The largest absolute Gasteiger partial charge is 0.497 e. The summed E-state index contributed by atoms with van der Waals surface area (Å²) in [7, 11) is 3.13. The lowest BCUT2D eigenvalue weighted by atomic mass is 10.2. The number of amides is 1. The molecular weight excluding hydrogens is 306 g/mol. The molecule has 2 aromatic rings. The summed E-state index contributed by atoms with van der Waals surface area (Å²) in [5.74, 6) is 1.03. The van der Waals surface area contributed by atoms with Crippen molar-refractivity contribution in [2.75, 3.05) is 24.9 Å². The van der Waals surface area contributed by atoms with Crippen LogP contribution in [0.15, 0.2) is 42.5 Å². The highest BCUT2D eigenvalue weighted by Crippen LogP contribution is 2.29. The quantitative estimate of drug-likeness (QED) is 0.853. The lowest BCUT2D eigenvalue weighted by Crippen LogP contribution is -2.32. The van der Waals surface area contributed by atoms with Crippen LogP contribution in [0.4, 0.5) is 11.4 Å². The standard InChI is InChI=1S/C18H19N3O3/c1-12(18(22)21-14-6-4-5-13(9-14)11-19)20-16-8-7-15(23-2)10-17(16)24-3/h4-10,12,20H,1-3H3,(H,21,22)/t12-/m1/s1. The van der Waals surface area contributed by atoms with E-state index in [2.05, 4.69) is 10.6 Å². The Balaban J connectivity index is 2.07. The van der Waals surface area contributed by atoms with Crippen LogP contribution in [0.5, 0.6) is 11.5 Å². The summed E-state index contributed by atoms with van der Waals surface area (Å²) in [5, 5.41) is 14.8. The molecule has 2 aromatic carbocycles. The minimum absolute atomic E-state index is 0.219. The van der Waals surface area contributed by atoms with E-state index in [0.717, 1.165) is 0 Å². The van der Waals surface area contributed by atoms with Gasteiger partial charge < -0.3 is 20.1 Å². The third kappa shape index (κ3) is 4.17. The molecule has 0 aliphatic rings. The highest BCUT2D eigenvalue weighted by atomic mass is 16.5. The van der Waals surface area contributed by atoms with Gasteiger partial charge >= 0.3 is 0 Å². The van der Waals surface area contributed by atoms with E-state index < -0.39 is 6.04 Å². The predicted octanol–water partition coefficient (Wildman–Crippen LogP) is 3.01. The van der Waals surface area contributed by atoms with Gasteiger partial charge in [0, 0.05) is 11.8 Å². The number of carbonyl (C=O) groups excluding carboxylic acids is 1. The van der Waals surface area contributed by atoms with Gasteiger partial charge in [0.1, 0.15) is 17.5 Å². The molecule has 0 aliphatic heterocycles. The molecule has 0 aliphatic carbocycles. The minimum atomic E-state index is -0.502. The molecule has 6 heteroatoms. The number of nitrogens with zero attached hydrogens (tertiary/aromatic N) is 1. The first-order valence-electron chi connectivity index (χ1n) is 7.37. The monoisotopic (exact) mass is 325 g/mol. The number of rotatable bonds is 6. The number of benzene rings is 2. The van der Waals surface area contributed by atoms with Crippen molar-refractivity contribution >= 4 is 17.3 Å². The number of hydrogen-bond acceptors (Lipinski definition) is 5. The van der Waals surface area contributed by atoms with Crippen LogP contribution in [-0.2, 0) is 4.79 Å². The lowest BCUT2D eigenvalue weighted by molar-refractivity contribution is -0.116. The number of anilines is 2. The first kappa shape index (κ1) is 17.2. The van der Waals surface area contributed by atoms with Crippen LogP contribution in [0.1, 0.15) is 12.5 Å². The fourth-order valence-electron chi connectivity index (χ4n) is 2.13. The van der Waals surface area contributed by atoms with Crippen molar-refractivity contribution in [3.05, 3.63) is 48.0 Å². The summed E-state index contributed by atoms with van der Waals surface area (Å²) >= 11 is 0. The molecular formula is C18H19N3O3. The molecule has 124 valence electrons. The second-order valence-corrected chi connectivity index (χ2v) is 5.11. The minimum Gasteiger partial charge on any atom is -0.497 e. The normalized spacial score (nSPS) is 11.1. The molecule has 0 saturated carbocycles. The summed E-state index contributed by atoms with van der Waals surface area (Å²) in [6.07, 6.45) is 0. The fourth-order valence-corrected chi connectivity index (χ4v) is 2.13. The molecule has 0 spiro atoms. The summed E-state index contributed by atoms with van der Waals surface area (Å²) in [5.41, 5.74) is 1.76. The Labute approximate surface area is 141 Å². The molecule has 1 amide bonds. The number of nitriles is 1. The number of ether oxygens (including phenoxy) is 2. The number of carbonyl (C=O) groups is 1. The fraction of sp³-hybridized carbons (Fsp3) is 0.222. The predicted molar refractivity (Wildman–Crippen MR) is 92.4 cm³/mol. The van der Waals surface area contributed by atoms with Crippen LogP contribution in [0.25, 0.3) is 0 Å². The Morgan fingerprint density at radius 2 is 1.96 bits per heavy atom. The number of hydrogen-bond donors (Lipinski definition) is 2. The van der Waals surface area contributed by atoms with Gasteiger partial charge in [0.25, 0.3) is 0 Å². The van der Waals surface area contributed by atoms with Crippen LogP contribution in [0.2, 0.25) is 0 Å². The van der Waals surface area contributed by atoms with Gasteiger partial charge in [-0.2, -0.15) is 5.26 Å². The second-order valence-electron chi connectivity index (χ2n) is 5.11. The van der Waals surface area contributed by atoms with Crippen LogP contribution in [0.3, 0.4) is 0 Å². The summed E-state index contributed by atoms with van der Waals surface area (Å²) in [4.78, 5) is 12.3. The summed E-state index contributed by atoms with van der Waals surface area (Å²) < 4.78 is 10.5. The van der Waals surface area contributed by atoms with Gasteiger partial charge in [-0.25, -0.2) is 0 Å². The SMILES string of the molecule is COc1ccc(N[C@H](C)C(=O)Nc2cccc(C#N)c2)c(OC)c1. The molecule has 6 nitrogen and oxygen atoms in total. The van der Waals surface area contributed by atoms with Gasteiger partial charge in [0.15, 0.2) is 0 Å². The van der Waals surface area contributed by atoms with Crippen molar-refractivity contribution in [2.24, 2.45) is 0 Å². The average Bonchev–Trinajstić information content (AvgIpc) is 2.62. The van der Waals surface area contributed by atoms with Gasteiger partial charge in [0.05, 0.1) is 31.5 Å². The van der Waals surface area contributed by atoms with Crippen molar-refractivity contribution in [3.63, 3.8) is 0 Å². The molecule has 0 heterocycles. The molecule has 0 aromatic heterocycles. The van der Waals surface area contributed by atoms with Gasteiger partial charge in [-0.15, -0.1) is 0 Å². The number of methoxy groups -OCH3 is 2. The molecule has 0 bridgehead atoms. The Morgan fingerprint density at radius 1 is 1.17 bits per heavy atom. The van der Waals surface area contributed by atoms with Crippen LogP contribution in [0, 0.1) is 11.3 Å². The lowest BCUT2D eigenvalue weighted by Gasteiger charge is -2.18. The zero-order chi connectivity index (χ0) is 17.5. The topological polar surface area (TPSA) is 83.4 Å². The van der Waals surface area contributed by atoms with Crippen LogP contribution in [-0.4, -0.2) is 26.2 Å². The van der Waals surface area contributed by atoms with E-state index in [9.17, 15) is 4.79 Å². The third-order valence-corrected chi connectivity index (χ3v) is 3.43. The van der Waals surface area contributed by atoms with E-state index in [-0.39, 0.29) is 5.91 Å². The van der Waals surface area contributed by atoms with Crippen molar-refractivity contribution < 1.29 is 14.3 Å². The second kappa shape index (κ2) is 7.88. The molecule has 0 fully saturated rings. The van der Waals surface area contributed by atoms with Crippen LogP contribution >= 0.6 is 0 Å². The highest BCUT2D eigenvalue weighted by molar-refractivity contribution is 5.96. The van der Waals surface area contributed by atoms with E-state index in [1.54, 1.807) is 63.6 Å². The average molecular weight is 325 g/mol. The first-order valence-corrected chi connectivity index (χ1v) is 7.37. The van der Waals surface area contributed by atoms with E-state index in [0.29, 0.717) is 28.4 Å². The van der Waals surface area contributed by atoms with E-state index in [1.165, 1.54) is 0 Å². The molecule has 0 radical (unpaired) electrons. The van der Waals surface area contributed by atoms with Gasteiger partial charge in [-0.1, -0.05) is 6.07 Å². The molecule has 2 N–H and O–H groups in total. The maximum Gasteiger partial charge on any atom is 0.246 e. The Morgan fingerprint density at radius 3 is 2.62 bits per heavy atom. The third-order valence-electron chi connectivity index (χ3n) is 3.43. The van der Waals surface area contributed by atoms with Crippen molar-refractivity contribution in [3.8, 4) is 17.6 Å². The Kier molecular flexibility index (Phi) is 5.63. The molecule has 0 saturated heterocycles. The Bertz CT molecular complexity index is 768. The molecule has 0 unspecified atom stereocenters. The van der Waals surface area contributed by atoms with E-state index in [4.69, 9.17) is 14.7 Å². The number of nitrogens with one attached hydrogen (secondary N) is 2. The smallest absolute Gasteiger partial charge is 0.246 e. The molecule has 1 atom stereocenters. The van der Waals surface area contributed by atoms with Crippen LogP contribution < -0.4 is 20.1 Å². The van der Waals surface area contributed by atoms with Gasteiger partial charge in [-0.3, -0.25) is 4.79 Å². The summed E-state index contributed by atoms with van der Waals surface area (Å²) in [6, 6.07) is 13.6. The first-order chi connectivity index (χ1) is 11.6. The van der Waals surface area contributed by atoms with E-state index >= 15 is 0 Å². The van der Waals surface area contributed by atoms with Gasteiger partial charge in [0.2, 0.25) is 5.91 Å².